The van der Waals surface area contributed by atoms with Crippen LogP contribution in [-0.4, -0.2) is 53.4 Å². The number of hydrogen-bond donors (Lipinski definition) is 2. The number of likely N-dealkylation sites (tertiary alicyclic amines) is 1. The van der Waals surface area contributed by atoms with Crippen LogP contribution < -0.4 is 10.6 Å². The highest BCUT2D eigenvalue weighted by molar-refractivity contribution is 5.93. The van der Waals surface area contributed by atoms with Gasteiger partial charge in [-0.2, -0.15) is 0 Å². The molecule has 2 N–H and O–H groups in total. The number of carbonyl (C=O) groups is 2. The Balaban J connectivity index is 1.69. The van der Waals surface area contributed by atoms with Gasteiger partial charge in [-0.05, 0) is 25.2 Å². The minimum absolute atomic E-state index is 0.0317. The molecular formula is C16H24N4O3. The monoisotopic (exact) mass is 320 g/mol. The minimum Gasteiger partial charge on any atom is -0.448 e. The molecule has 0 aliphatic carbocycles. The van der Waals surface area contributed by atoms with E-state index in [0.29, 0.717) is 43.9 Å². The van der Waals surface area contributed by atoms with Crippen molar-refractivity contribution in [3.8, 4) is 0 Å². The maximum absolute atomic E-state index is 12.5. The Bertz CT molecular complexity index is 615. The molecule has 1 spiro atoms. The third-order valence-electron chi connectivity index (χ3n) is 4.92. The van der Waals surface area contributed by atoms with Crippen LogP contribution in [0.15, 0.2) is 10.8 Å². The molecule has 0 saturated carbocycles. The first-order valence-corrected chi connectivity index (χ1v) is 8.06. The SMILES string of the molecule is Cc1ocnc1C(=O)N1CCC2(CC1)NCC(C)(C)CNC2=O. The van der Waals surface area contributed by atoms with Crippen LogP contribution in [0.1, 0.15) is 42.9 Å². The van der Waals surface area contributed by atoms with Gasteiger partial charge in [0.15, 0.2) is 12.1 Å². The van der Waals surface area contributed by atoms with Crippen molar-refractivity contribution in [2.45, 2.75) is 39.2 Å². The summed E-state index contributed by atoms with van der Waals surface area (Å²) in [7, 11) is 0. The number of piperidine rings is 1. The van der Waals surface area contributed by atoms with Crippen molar-refractivity contribution in [3.05, 3.63) is 17.8 Å². The van der Waals surface area contributed by atoms with E-state index in [-0.39, 0.29) is 17.2 Å². The summed E-state index contributed by atoms with van der Waals surface area (Å²) in [6.45, 7) is 8.51. The van der Waals surface area contributed by atoms with Gasteiger partial charge in [-0.25, -0.2) is 4.98 Å². The summed E-state index contributed by atoms with van der Waals surface area (Å²) >= 11 is 0. The average Bonchev–Trinajstić information content (AvgIpc) is 2.92. The molecule has 1 aromatic rings. The molecule has 2 aliphatic rings. The second kappa shape index (κ2) is 5.63. The molecule has 2 saturated heterocycles. The molecule has 0 atom stereocenters. The molecular weight excluding hydrogens is 296 g/mol. The molecule has 0 radical (unpaired) electrons. The highest BCUT2D eigenvalue weighted by atomic mass is 16.3. The molecule has 3 heterocycles. The van der Waals surface area contributed by atoms with E-state index in [0.717, 1.165) is 6.54 Å². The topological polar surface area (TPSA) is 87.5 Å². The van der Waals surface area contributed by atoms with Crippen molar-refractivity contribution in [1.29, 1.82) is 0 Å². The summed E-state index contributed by atoms with van der Waals surface area (Å²) in [5.74, 6) is 0.454. The number of hydrogen-bond acceptors (Lipinski definition) is 5. The second-order valence-corrected chi connectivity index (χ2v) is 7.33. The van der Waals surface area contributed by atoms with Crippen molar-refractivity contribution >= 4 is 11.8 Å². The standard InChI is InChI=1S/C16H24N4O3/c1-11-12(18-10-23-11)13(21)20-6-4-16(5-7-20)14(22)17-8-15(2,3)9-19-16/h10,19H,4-9H2,1-3H3,(H,17,22). The van der Waals surface area contributed by atoms with E-state index in [1.807, 2.05) is 0 Å². The van der Waals surface area contributed by atoms with Gasteiger partial charge in [0.25, 0.3) is 5.91 Å². The van der Waals surface area contributed by atoms with Crippen LogP contribution >= 0.6 is 0 Å². The van der Waals surface area contributed by atoms with Crippen molar-refractivity contribution in [3.63, 3.8) is 0 Å². The fourth-order valence-electron chi connectivity index (χ4n) is 3.20. The highest BCUT2D eigenvalue weighted by Crippen LogP contribution is 2.28. The van der Waals surface area contributed by atoms with Crippen LogP contribution in [0.3, 0.4) is 0 Å². The van der Waals surface area contributed by atoms with Gasteiger partial charge >= 0.3 is 0 Å². The van der Waals surface area contributed by atoms with Gasteiger partial charge in [0.05, 0.1) is 0 Å². The van der Waals surface area contributed by atoms with Crippen molar-refractivity contribution in [1.82, 2.24) is 20.5 Å². The maximum atomic E-state index is 12.5. The fraction of sp³-hybridized carbons (Fsp3) is 0.688. The Kier molecular flexibility index (Phi) is 3.91. The summed E-state index contributed by atoms with van der Waals surface area (Å²) in [6.07, 6.45) is 2.51. The molecule has 2 amide bonds. The summed E-state index contributed by atoms with van der Waals surface area (Å²) < 4.78 is 5.11. The minimum atomic E-state index is -0.566. The molecule has 7 heteroatoms. The number of carbonyl (C=O) groups excluding carboxylic acids is 2. The molecule has 3 rings (SSSR count). The summed E-state index contributed by atoms with van der Waals surface area (Å²) in [4.78, 5) is 30.8. The van der Waals surface area contributed by atoms with E-state index in [2.05, 4.69) is 29.5 Å². The Morgan fingerprint density at radius 2 is 2.00 bits per heavy atom. The Labute approximate surface area is 135 Å². The van der Waals surface area contributed by atoms with Gasteiger partial charge in [0.2, 0.25) is 5.91 Å². The van der Waals surface area contributed by atoms with E-state index >= 15 is 0 Å². The normalized spacial score (nSPS) is 23.4. The van der Waals surface area contributed by atoms with Gasteiger partial charge in [0.1, 0.15) is 11.3 Å². The molecule has 0 bridgehead atoms. The second-order valence-electron chi connectivity index (χ2n) is 7.33. The van der Waals surface area contributed by atoms with E-state index in [9.17, 15) is 9.59 Å². The van der Waals surface area contributed by atoms with Crippen LogP contribution in [0, 0.1) is 12.3 Å². The Morgan fingerprint density at radius 1 is 1.30 bits per heavy atom. The van der Waals surface area contributed by atoms with E-state index in [1.165, 1.54) is 6.39 Å². The van der Waals surface area contributed by atoms with Crippen LogP contribution in [0.2, 0.25) is 0 Å². The Hall–Kier alpha value is -1.89. The predicted octanol–water partition coefficient (Wildman–Crippen LogP) is 0.703. The molecule has 2 aliphatic heterocycles. The van der Waals surface area contributed by atoms with Gasteiger partial charge in [-0.1, -0.05) is 13.8 Å². The number of aryl methyl sites for hydroxylation is 1. The molecule has 1 aromatic heterocycles. The van der Waals surface area contributed by atoms with Crippen LogP contribution in [0.5, 0.6) is 0 Å². The number of amides is 2. The van der Waals surface area contributed by atoms with Gasteiger partial charge in [-0.15, -0.1) is 0 Å². The molecule has 2 fully saturated rings. The largest absolute Gasteiger partial charge is 0.448 e. The summed E-state index contributed by atoms with van der Waals surface area (Å²) in [6, 6.07) is 0. The first-order valence-electron chi connectivity index (χ1n) is 8.06. The highest BCUT2D eigenvalue weighted by Gasteiger charge is 2.45. The summed E-state index contributed by atoms with van der Waals surface area (Å²) in [5, 5.41) is 6.50. The average molecular weight is 320 g/mol. The van der Waals surface area contributed by atoms with Crippen molar-refractivity contribution in [2.75, 3.05) is 26.2 Å². The maximum Gasteiger partial charge on any atom is 0.276 e. The van der Waals surface area contributed by atoms with Gasteiger partial charge in [-0.3, -0.25) is 9.59 Å². The predicted molar refractivity (Wildman–Crippen MR) is 83.9 cm³/mol. The lowest BCUT2D eigenvalue weighted by Crippen LogP contribution is -2.61. The van der Waals surface area contributed by atoms with E-state index in [4.69, 9.17) is 4.42 Å². The molecule has 0 unspecified atom stereocenters. The number of nitrogens with zero attached hydrogens (tertiary/aromatic N) is 2. The lowest BCUT2D eigenvalue weighted by molar-refractivity contribution is -0.128. The van der Waals surface area contributed by atoms with Crippen molar-refractivity contribution < 1.29 is 14.0 Å². The fourth-order valence-corrected chi connectivity index (χ4v) is 3.20. The zero-order valence-corrected chi connectivity index (χ0v) is 13.9. The smallest absolute Gasteiger partial charge is 0.276 e. The summed E-state index contributed by atoms with van der Waals surface area (Å²) in [5.41, 5.74) is -0.173. The zero-order chi connectivity index (χ0) is 16.7. The molecule has 7 nitrogen and oxygen atoms in total. The number of aromatic nitrogens is 1. The van der Waals surface area contributed by atoms with Crippen LogP contribution in [0.25, 0.3) is 0 Å². The van der Waals surface area contributed by atoms with E-state index in [1.54, 1.807) is 11.8 Å². The quantitative estimate of drug-likeness (QED) is 0.795. The lowest BCUT2D eigenvalue weighted by atomic mass is 9.86. The van der Waals surface area contributed by atoms with Gasteiger partial charge < -0.3 is 20.0 Å². The molecule has 126 valence electrons. The number of rotatable bonds is 1. The van der Waals surface area contributed by atoms with Crippen molar-refractivity contribution in [2.24, 2.45) is 5.41 Å². The van der Waals surface area contributed by atoms with Crippen LogP contribution in [0.4, 0.5) is 0 Å². The van der Waals surface area contributed by atoms with E-state index < -0.39 is 5.54 Å². The molecule has 23 heavy (non-hydrogen) atoms. The molecule has 0 aromatic carbocycles. The number of oxazole rings is 1. The Morgan fingerprint density at radius 3 is 2.61 bits per heavy atom. The number of nitrogens with one attached hydrogen (secondary N) is 2. The first kappa shape index (κ1) is 16.0. The third-order valence-corrected chi connectivity index (χ3v) is 4.92. The van der Waals surface area contributed by atoms with Crippen LogP contribution in [-0.2, 0) is 4.79 Å². The third kappa shape index (κ3) is 2.97. The first-order chi connectivity index (χ1) is 10.8. The lowest BCUT2D eigenvalue weighted by Gasteiger charge is -2.40. The zero-order valence-electron chi connectivity index (χ0n) is 13.9. The van der Waals surface area contributed by atoms with Gasteiger partial charge in [0, 0.05) is 26.2 Å².